The molecule has 124 valence electrons. The minimum Gasteiger partial charge on any atom is -2.00 e. The normalized spacial score (nSPS) is 8.67. The smallest absolute Gasteiger partial charge is 2.00 e. The van der Waals surface area contributed by atoms with Crippen molar-refractivity contribution in [1.82, 2.24) is 0 Å². The summed E-state index contributed by atoms with van der Waals surface area (Å²) in [7, 11) is 0. The SMILES string of the molecule is CCCCCCC[CH2][Sn+3].CCCCCCC[CH2][Sn+3].[O-2].[O-2].[O-2]. The van der Waals surface area contributed by atoms with Gasteiger partial charge in [-0.3, -0.25) is 0 Å². The van der Waals surface area contributed by atoms with Crippen molar-refractivity contribution in [2.24, 2.45) is 0 Å². The molecule has 0 rings (SSSR count). The zero-order valence-corrected chi connectivity index (χ0v) is 19.8. The van der Waals surface area contributed by atoms with E-state index in [1.165, 1.54) is 85.9 Å². The Morgan fingerprint density at radius 1 is 0.429 bits per heavy atom. The van der Waals surface area contributed by atoms with Crippen LogP contribution in [0.15, 0.2) is 0 Å². The molecule has 0 aliphatic heterocycles. The summed E-state index contributed by atoms with van der Waals surface area (Å²) in [4.78, 5) is 0. The van der Waals surface area contributed by atoms with E-state index in [1.807, 2.05) is 0 Å². The van der Waals surface area contributed by atoms with Crippen LogP contribution in [0.5, 0.6) is 0 Å². The third-order valence-electron chi connectivity index (χ3n) is 3.06. The van der Waals surface area contributed by atoms with Crippen LogP contribution in [0.2, 0.25) is 8.87 Å². The molecule has 0 unspecified atom stereocenters. The average Bonchev–Trinajstić information content (AvgIpc) is 2.39. The van der Waals surface area contributed by atoms with Crippen molar-refractivity contribution >= 4 is 45.0 Å². The van der Waals surface area contributed by atoms with Gasteiger partial charge < -0.3 is 16.4 Å². The Balaban J connectivity index is -0.0000000711. The van der Waals surface area contributed by atoms with Crippen LogP contribution in [0.1, 0.15) is 90.9 Å². The summed E-state index contributed by atoms with van der Waals surface area (Å²) in [5.74, 6) is 0. The molecule has 0 saturated heterocycles. The summed E-state index contributed by atoms with van der Waals surface area (Å²) < 4.78 is 2.91. The van der Waals surface area contributed by atoms with Crippen molar-refractivity contribution in [3.8, 4) is 0 Å². The zero-order chi connectivity index (χ0) is 13.9. The fourth-order valence-corrected chi connectivity index (χ4v) is 3.24. The first kappa shape index (κ1) is 33.9. The first-order valence-electron chi connectivity index (χ1n) is 8.12. The van der Waals surface area contributed by atoms with Crippen LogP contribution >= 0.6 is 0 Å². The summed E-state index contributed by atoms with van der Waals surface area (Å²) in [5.41, 5.74) is 0. The van der Waals surface area contributed by atoms with Crippen LogP contribution in [0.4, 0.5) is 0 Å². The summed E-state index contributed by atoms with van der Waals surface area (Å²) in [6.07, 6.45) is 17.4. The van der Waals surface area contributed by atoms with E-state index in [-0.39, 0.29) is 16.4 Å². The van der Waals surface area contributed by atoms with Gasteiger partial charge >= 0.3 is 145 Å². The van der Waals surface area contributed by atoms with E-state index < -0.39 is 0 Å². The molecule has 0 aromatic heterocycles. The van der Waals surface area contributed by atoms with E-state index >= 15 is 0 Å². The van der Waals surface area contributed by atoms with Crippen LogP contribution in [0.3, 0.4) is 0 Å². The minimum atomic E-state index is 0. The maximum atomic E-state index is 2.27. The van der Waals surface area contributed by atoms with Gasteiger partial charge in [0.2, 0.25) is 0 Å². The Morgan fingerprint density at radius 3 is 0.905 bits per heavy atom. The first-order valence-corrected chi connectivity index (χ1v) is 12.2. The number of unbranched alkanes of at least 4 members (excludes halogenated alkanes) is 10. The van der Waals surface area contributed by atoms with Gasteiger partial charge in [-0.05, 0) is 0 Å². The second-order valence-electron chi connectivity index (χ2n) is 5.04. The summed E-state index contributed by atoms with van der Waals surface area (Å²) in [6.45, 7) is 4.54. The van der Waals surface area contributed by atoms with Gasteiger partial charge in [-0.1, -0.05) is 0 Å². The largest absolute Gasteiger partial charge is 2.00 e. The van der Waals surface area contributed by atoms with Crippen LogP contribution < -0.4 is 0 Å². The molecule has 0 atom stereocenters. The Hall–Kier alpha value is 1.48. The molecule has 0 aromatic rings. The van der Waals surface area contributed by atoms with Gasteiger partial charge in [0.05, 0.1) is 0 Å². The maximum absolute atomic E-state index is 2.27. The van der Waals surface area contributed by atoms with E-state index in [0.717, 1.165) is 0 Å². The molecule has 3 nitrogen and oxygen atoms in total. The van der Waals surface area contributed by atoms with Gasteiger partial charge in [-0.25, -0.2) is 0 Å². The first-order chi connectivity index (χ1) is 8.83. The Labute approximate surface area is 160 Å². The number of rotatable bonds is 12. The topological polar surface area (TPSA) is 85.5 Å². The second kappa shape index (κ2) is 37.6. The van der Waals surface area contributed by atoms with E-state index in [4.69, 9.17) is 0 Å². The van der Waals surface area contributed by atoms with Crippen molar-refractivity contribution in [2.45, 2.75) is 99.8 Å². The molecule has 0 heterocycles. The molecular weight excluding hydrogens is 478 g/mol. The van der Waals surface area contributed by atoms with Gasteiger partial charge in [0.1, 0.15) is 0 Å². The van der Waals surface area contributed by atoms with Gasteiger partial charge in [0.15, 0.2) is 0 Å². The predicted molar refractivity (Wildman–Crippen MR) is 89.9 cm³/mol. The van der Waals surface area contributed by atoms with Crippen molar-refractivity contribution in [1.29, 1.82) is 0 Å². The van der Waals surface area contributed by atoms with Gasteiger partial charge in [0.25, 0.3) is 0 Å². The molecular formula is C16H34O3Sn2. The summed E-state index contributed by atoms with van der Waals surface area (Å²) >= 11 is 3.42. The second-order valence-corrected chi connectivity index (χ2v) is 7.89. The van der Waals surface area contributed by atoms with Gasteiger partial charge in [-0.2, -0.15) is 0 Å². The molecule has 0 aliphatic carbocycles. The van der Waals surface area contributed by atoms with Crippen LogP contribution in [-0.2, 0) is 16.4 Å². The standard InChI is InChI=1S/2C8H17.3O.2Sn/c2*1-3-5-7-8-6-4-2;;;;;/h2*1,3-8H2,2H3;;;;;/q;;3*-2;2*+3. The number of hydrogen-bond donors (Lipinski definition) is 0. The van der Waals surface area contributed by atoms with Crippen molar-refractivity contribution < 1.29 is 16.4 Å². The summed E-state index contributed by atoms with van der Waals surface area (Å²) in [6, 6.07) is 0. The fraction of sp³-hybridized carbons (Fsp3) is 1.00. The Morgan fingerprint density at radius 2 is 0.667 bits per heavy atom. The third-order valence-corrected chi connectivity index (χ3v) is 5.08. The Kier molecular flexibility index (Phi) is 60.8. The molecule has 0 radical (unpaired) electrons. The quantitative estimate of drug-likeness (QED) is 0.244. The van der Waals surface area contributed by atoms with E-state index in [0.29, 0.717) is 0 Å². The molecule has 0 aromatic carbocycles. The molecule has 0 saturated carbocycles. The summed E-state index contributed by atoms with van der Waals surface area (Å²) in [5, 5.41) is 0. The zero-order valence-electron chi connectivity index (χ0n) is 14.1. The van der Waals surface area contributed by atoms with E-state index in [2.05, 4.69) is 13.8 Å². The molecule has 0 fully saturated rings. The molecule has 21 heavy (non-hydrogen) atoms. The molecule has 0 amide bonds. The average molecular weight is 512 g/mol. The van der Waals surface area contributed by atoms with E-state index in [1.54, 1.807) is 45.0 Å². The van der Waals surface area contributed by atoms with Gasteiger partial charge in [0, 0.05) is 0 Å². The van der Waals surface area contributed by atoms with Crippen LogP contribution in [-0.4, -0.2) is 45.0 Å². The monoisotopic (exact) mass is 514 g/mol. The van der Waals surface area contributed by atoms with Crippen molar-refractivity contribution in [3.63, 3.8) is 0 Å². The van der Waals surface area contributed by atoms with E-state index in [9.17, 15) is 0 Å². The molecule has 0 aliphatic rings. The van der Waals surface area contributed by atoms with Crippen LogP contribution in [0, 0.1) is 0 Å². The number of hydrogen-bond acceptors (Lipinski definition) is 0. The molecule has 0 N–H and O–H groups in total. The minimum absolute atomic E-state index is 0. The fourth-order valence-electron chi connectivity index (χ4n) is 1.81. The van der Waals surface area contributed by atoms with Crippen molar-refractivity contribution in [3.05, 3.63) is 0 Å². The van der Waals surface area contributed by atoms with Crippen molar-refractivity contribution in [2.75, 3.05) is 0 Å². The predicted octanol–water partition coefficient (Wildman–Crippen LogP) is 5.51. The Bertz CT molecular complexity index is 102. The molecule has 5 heteroatoms. The molecule has 0 spiro atoms. The van der Waals surface area contributed by atoms with Gasteiger partial charge in [-0.15, -0.1) is 0 Å². The van der Waals surface area contributed by atoms with Crippen LogP contribution in [0.25, 0.3) is 0 Å². The molecule has 0 bridgehead atoms. The third kappa shape index (κ3) is 44.9. The maximum Gasteiger partial charge on any atom is -2.00 e.